The summed E-state index contributed by atoms with van der Waals surface area (Å²) < 4.78 is 0. The summed E-state index contributed by atoms with van der Waals surface area (Å²) in [5.41, 5.74) is 0. The van der Waals surface area contributed by atoms with Crippen molar-refractivity contribution in [2.45, 2.75) is 0 Å². The van der Waals surface area contributed by atoms with Crippen LogP contribution >= 0.6 is 0 Å². The van der Waals surface area contributed by atoms with Crippen LogP contribution in [0.4, 0.5) is 0 Å². The van der Waals surface area contributed by atoms with Crippen molar-refractivity contribution in [1.29, 1.82) is 0 Å². The zero-order valence-electron chi connectivity index (χ0n) is 10.5. The van der Waals surface area contributed by atoms with Gasteiger partial charge in [-0.1, -0.05) is 0 Å². The Balaban J connectivity index is -0.0000000114. The molecule has 0 N–H and O–H groups in total. The van der Waals surface area contributed by atoms with Gasteiger partial charge in [0, 0.05) is 38.8 Å². The van der Waals surface area contributed by atoms with Crippen LogP contribution in [0.1, 0.15) is 0 Å². The van der Waals surface area contributed by atoms with Gasteiger partial charge in [0.15, 0.2) is 0 Å². The van der Waals surface area contributed by atoms with Crippen LogP contribution in [-0.2, 0) is 28.8 Å². The predicted octanol–water partition coefficient (Wildman–Crippen LogP) is -10.9. The van der Waals surface area contributed by atoms with Gasteiger partial charge < -0.3 is 59.4 Å². The molecule has 0 unspecified atom stereocenters. The second-order valence-electron chi connectivity index (χ2n) is 0.577. The molecule has 0 aromatic rings. The molecule has 15 heteroatoms. The van der Waals surface area contributed by atoms with Crippen LogP contribution in [0.15, 0.2) is 0 Å². The maximum absolute atomic E-state index is 8.25. The Morgan fingerprint density at radius 3 is 0.333 bits per heavy atom. The average Bonchev–Trinajstić information content (AvgIpc) is 2.23. The van der Waals surface area contributed by atoms with E-state index in [1.54, 1.807) is 0 Å². The first kappa shape index (κ1) is 57.7. The van der Waals surface area contributed by atoms with Crippen molar-refractivity contribution < 1.29 is 59.4 Å². The molecule has 0 radical (unpaired) electrons. The Bertz CT molecular complexity index is 121. The third-order valence-electron chi connectivity index (χ3n) is 0. The summed E-state index contributed by atoms with van der Waals surface area (Å²) in [6, 6.07) is 0. The van der Waals surface area contributed by atoms with E-state index in [1.165, 1.54) is 0 Å². The van der Waals surface area contributed by atoms with Crippen molar-refractivity contribution in [3.63, 3.8) is 0 Å². The van der Waals surface area contributed by atoms with E-state index < -0.39 is 38.8 Å². The van der Waals surface area contributed by atoms with E-state index in [0.717, 1.165) is 0 Å². The fraction of sp³-hybridized carbons (Fsp3) is 0. The second-order valence-corrected chi connectivity index (χ2v) is 0.577. The fourth-order valence-electron chi connectivity index (χ4n) is 0. The second kappa shape index (κ2) is 182. The number of carboxylic acid groups (broad SMARTS) is 6. The normalized spacial score (nSPS) is 3.43. The van der Waals surface area contributed by atoms with E-state index in [1.807, 2.05) is 0 Å². The summed E-state index contributed by atoms with van der Waals surface area (Å²) in [6.45, 7) is -3.00. The summed E-state index contributed by atoms with van der Waals surface area (Å²) in [5.74, 6) is 0. The minimum absolute atomic E-state index is 0. The van der Waals surface area contributed by atoms with Gasteiger partial charge >= 0.3 is 113 Å². The Labute approximate surface area is 208 Å². The number of carbonyl (C=O) groups excluding carboxylic acids is 6. The van der Waals surface area contributed by atoms with Gasteiger partial charge in [0.1, 0.15) is 0 Å². The third-order valence-corrected chi connectivity index (χ3v) is 0. The van der Waals surface area contributed by atoms with Gasteiger partial charge in [-0.2, -0.15) is 0 Å². The van der Waals surface area contributed by atoms with Gasteiger partial charge in [0.25, 0.3) is 0 Å². The average molecular weight is 390 g/mol. The van der Waals surface area contributed by atoms with Gasteiger partial charge in [-0.3, -0.25) is 0 Å². The quantitative estimate of drug-likeness (QED) is 0.276. The van der Waals surface area contributed by atoms with Gasteiger partial charge in [0.2, 0.25) is 0 Å². The summed E-state index contributed by atoms with van der Waals surface area (Å²) in [5, 5.41) is 49.5. The molecule has 0 aliphatic carbocycles. The van der Waals surface area contributed by atoms with Gasteiger partial charge in [-0.25, -0.2) is 0 Å². The topological polar surface area (TPSA) is 241 Å². The number of hydrogen-bond acceptors (Lipinski definition) is 12. The zero-order chi connectivity index (χ0) is 16.2. The van der Waals surface area contributed by atoms with Crippen LogP contribution in [-0.4, -0.2) is 152 Å². The SMILES string of the molecule is O=C[O-].O=C[O-].O=C[O-].O=C[O-].O=C[O-].O=C[O-].[Ca+2].[Ca+2].[Ca+2]. The van der Waals surface area contributed by atoms with E-state index in [-0.39, 0.29) is 113 Å². The molecule has 0 atom stereocenters. The van der Waals surface area contributed by atoms with Gasteiger partial charge in [0.05, 0.1) is 0 Å². The van der Waals surface area contributed by atoms with Gasteiger partial charge in [-0.15, -0.1) is 0 Å². The minimum atomic E-state index is -0.500. The van der Waals surface area contributed by atoms with Crippen molar-refractivity contribution in [3.8, 4) is 0 Å². The molecule has 0 aliphatic heterocycles. The monoisotopic (exact) mass is 390 g/mol. The maximum Gasteiger partial charge on any atom is 2.00 e. The molecule has 0 saturated carbocycles. The van der Waals surface area contributed by atoms with Crippen LogP contribution in [0.2, 0.25) is 0 Å². The Kier molecular flexibility index (Phi) is 500. The van der Waals surface area contributed by atoms with E-state index >= 15 is 0 Å². The van der Waals surface area contributed by atoms with E-state index in [9.17, 15) is 0 Å². The summed E-state index contributed by atoms with van der Waals surface area (Å²) in [7, 11) is 0. The van der Waals surface area contributed by atoms with E-state index in [0.29, 0.717) is 0 Å². The first-order valence-corrected chi connectivity index (χ1v) is 2.83. The van der Waals surface area contributed by atoms with Crippen molar-refractivity contribution in [3.05, 3.63) is 0 Å². The standard InChI is InChI=1S/6CH2O2.3Ca/c6*2-1-3;;;/h6*1H,(H,2,3);;;/q;;;;;;3*+2/p-6. The molecule has 0 bridgehead atoms. The van der Waals surface area contributed by atoms with Crippen LogP contribution in [0.3, 0.4) is 0 Å². The van der Waals surface area contributed by atoms with Crippen molar-refractivity contribution in [2.75, 3.05) is 0 Å². The summed E-state index contributed by atoms with van der Waals surface area (Å²) in [4.78, 5) is 49.5. The molecular weight excluding hydrogens is 384 g/mol. The van der Waals surface area contributed by atoms with Crippen LogP contribution in [0, 0.1) is 0 Å². The number of hydrogen-bond donors (Lipinski definition) is 0. The van der Waals surface area contributed by atoms with E-state index in [4.69, 9.17) is 59.4 Å². The third kappa shape index (κ3) is 19800. The summed E-state index contributed by atoms with van der Waals surface area (Å²) >= 11 is 0. The molecule has 0 aromatic heterocycles. The van der Waals surface area contributed by atoms with Crippen molar-refractivity contribution in [2.24, 2.45) is 0 Å². The number of rotatable bonds is 0. The first-order valence-electron chi connectivity index (χ1n) is 2.83. The summed E-state index contributed by atoms with van der Waals surface area (Å²) in [6.07, 6.45) is 0. The molecule has 108 valence electrons. The molecule has 0 amide bonds. The van der Waals surface area contributed by atoms with Crippen LogP contribution < -0.4 is 30.6 Å². The van der Waals surface area contributed by atoms with Crippen molar-refractivity contribution in [1.82, 2.24) is 0 Å². The molecule has 0 spiro atoms. The first-order chi connectivity index (χ1) is 8.49. The zero-order valence-corrected chi connectivity index (χ0v) is 17.1. The fourth-order valence-corrected chi connectivity index (χ4v) is 0. The van der Waals surface area contributed by atoms with Gasteiger partial charge in [-0.05, 0) is 0 Å². The Hall–Kier alpha value is 0.599. The van der Waals surface area contributed by atoms with E-state index in [2.05, 4.69) is 0 Å². The molecule has 0 rings (SSSR count). The molecule has 0 saturated heterocycles. The predicted molar refractivity (Wildman–Crippen MR) is 53.6 cm³/mol. The molecular formula is C6H6Ca3O12. The number of carbonyl (C=O) groups is 6. The van der Waals surface area contributed by atoms with Crippen molar-refractivity contribution >= 4 is 152 Å². The largest absolute Gasteiger partial charge is 2.00 e. The minimum Gasteiger partial charge on any atom is -0.554 e. The molecule has 21 heavy (non-hydrogen) atoms. The molecule has 0 fully saturated rings. The molecule has 12 nitrogen and oxygen atoms in total. The Morgan fingerprint density at radius 1 is 0.333 bits per heavy atom. The maximum atomic E-state index is 8.25. The molecule has 0 aliphatic rings. The molecule has 0 heterocycles. The smallest absolute Gasteiger partial charge is 0.554 e. The Morgan fingerprint density at radius 2 is 0.333 bits per heavy atom. The molecule has 0 aromatic carbocycles. The van der Waals surface area contributed by atoms with Crippen LogP contribution in [0.5, 0.6) is 0 Å². The van der Waals surface area contributed by atoms with Crippen LogP contribution in [0.25, 0.3) is 0 Å².